The van der Waals surface area contributed by atoms with Crippen molar-refractivity contribution in [2.45, 2.75) is 45.6 Å². The Hall–Kier alpha value is -2.15. The quantitative estimate of drug-likeness (QED) is 0.757. The first-order chi connectivity index (χ1) is 12.2. The molecule has 3 heterocycles. The Morgan fingerprint density at radius 1 is 1.28 bits per heavy atom. The molecule has 4 rings (SSSR count). The average molecular weight is 357 g/mol. The fourth-order valence-electron chi connectivity index (χ4n) is 3.72. The Labute approximate surface area is 151 Å². The third-order valence-electron chi connectivity index (χ3n) is 4.88. The number of nitrogens with one attached hydrogen (secondary N) is 1. The number of nitrogens with zero attached hydrogens (tertiary/aromatic N) is 4. The van der Waals surface area contributed by atoms with Crippen molar-refractivity contribution in [2.24, 2.45) is 7.05 Å². The van der Waals surface area contributed by atoms with Gasteiger partial charge in [0.25, 0.3) is 0 Å². The number of ether oxygens (including phenoxy) is 1. The van der Waals surface area contributed by atoms with Crippen molar-refractivity contribution in [3.63, 3.8) is 0 Å². The highest BCUT2D eigenvalue weighted by molar-refractivity contribution is 7.19. The van der Waals surface area contributed by atoms with E-state index in [4.69, 9.17) is 4.74 Å². The molecule has 0 unspecified atom stereocenters. The van der Waals surface area contributed by atoms with E-state index in [1.807, 2.05) is 18.4 Å². The van der Waals surface area contributed by atoms with Gasteiger partial charge in [-0.3, -0.25) is 0 Å². The summed E-state index contributed by atoms with van der Waals surface area (Å²) in [5, 5.41) is 9.29. The average Bonchev–Trinajstić information content (AvgIpc) is 3.16. The zero-order valence-electron chi connectivity index (χ0n) is 14.9. The van der Waals surface area contributed by atoms with Crippen LogP contribution in [0.25, 0.3) is 10.2 Å². The summed E-state index contributed by atoms with van der Waals surface area (Å²) in [7, 11) is 3.61. The largest absolute Gasteiger partial charge is 0.481 e. The standard InChI is InChI=1S/C18H23N5OS/c1-4-13-12(18(24-3)23(2)22-13)9-19-16-15-11-7-5-6-8-14(11)25-17(15)21-10-20-16/h10H,4-9H2,1-3H3,(H,19,20,21). The second-order valence-electron chi connectivity index (χ2n) is 6.38. The van der Waals surface area contributed by atoms with Gasteiger partial charge in [-0.2, -0.15) is 5.10 Å². The molecule has 0 atom stereocenters. The smallest absolute Gasteiger partial charge is 0.216 e. The van der Waals surface area contributed by atoms with Crippen LogP contribution in [0.4, 0.5) is 5.82 Å². The molecule has 25 heavy (non-hydrogen) atoms. The van der Waals surface area contributed by atoms with Gasteiger partial charge in [0.05, 0.1) is 23.8 Å². The molecule has 3 aromatic heterocycles. The van der Waals surface area contributed by atoms with E-state index >= 15 is 0 Å². The van der Waals surface area contributed by atoms with Gasteiger partial charge in [0.2, 0.25) is 5.88 Å². The number of thiophene rings is 1. The molecule has 0 aromatic carbocycles. The third kappa shape index (κ3) is 2.76. The normalized spacial score (nSPS) is 13.9. The van der Waals surface area contributed by atoms with Crippen LogP contribution in [0.15, 0.2) is 6.33 Å². The molecule has 3 aromatic rings. The van der Waals surface area contributed by atoms with E-state index in [-0.39, 0.29) is 0 Å². The molecule has 7 heteroatoms. The van der Waals surface area contributed by atoms with Gasteiger partial charge < -0.3 is 10.1 Å². The van der Waals surface area contributed by atoms with E-state index < -0.39 is 0 Å². The molecule has 0 fully saturated rings. The first-order valence-electron chi connectivity index (χ1n) is 8.80. The Morgan fingerprint density at radius 3 is 2.92 bits per heavy atom. The molecule has 1 N–H and O–H groups in total. The minimum absolute atomic E-state index is 0.650. The Bertz CT molecular complexity index is 914. The summed E-state index contributed by atoms with van der Waals surface area (Å²) in [5.74, 6) is 1.74. The highest BCUT2D eigenvalue weighted by atomic mass is 32.1. The third-order valence-corrected chi connectivity index (χ3v) is 6.08. The number of aryl methyl sites for hydroxylation is 4. The molecule has 0 radical (unpaired) electrons. The summed E-state index contributed by atoms with van der Waals surface area (Å²) in [4.78, 5) is 11.6. The fourth-order valence-corrected chi connectivity index (χ4v) is 4.95. The predicted molar refractivity (Wildman–Crippen MR) is 101 cm³/mol. The molecular formula is C18H23N5OS. The van der Waals surface area contributed by atoms with Crippen molar-refractivity contribution in [2.75, 3.05) is 12.4 Å². The molecule has 0 saturated carbocycles. The Morgan fingerprint density at radius 2 is 2.12 bits per heavy atom. The number of methoxy groups -OCH3 is 1. The van der Waals surface area contributed by atoms with E-state index in [1.165, 1.54) is 35.1 Å². The van der Waals surface area contributed by atoms with Gasteiger partial charge >= 0.3 is 0 Å². The highest BCUT2D eigenvalue weighted by Crippen LogP contribution is 2.38. The zero-order chi connectivity index (χ0) is 17.4. The molecule has 1 aliphatic rings. The lowest BCUT2D eigenvalue weighted by Crippen LogP contribution is -2.06. The van der Waals surface area contributed by atoms with E-state index in [2.05, 4.69) is 27.3 Å². The van der Waals surface area contributed by atoms with Gasteiger partial charge in [0.15, 0.2) is 0 Å². The van der Waals surface area contributed by atoms with Crippen LogP contribution in [0.2, 0.25) is 0 Å². The number of hydrogen-bond acceptors (Lipinski definition) is 6. The maximum Gasteiger partial charge on any atom is 0.216 e. The summed E-state index contributed by atoms with van der Waals surface area (Å²) in [6, 6.07) is 0. The summed E-state index contributed by atoms with van der Waals surface area (Å²) < 4.78 is 7.34. The molecule has 6 nitrogen and oxygen atoms in total. The van der Waals surface area contributed by atoms with Crippen molar-refractivity contribution in [3.8, 4) is 5.88 Å². The number of hydrogen-bond donors (Lipinski definition) is 1. The van der Waals surface area contributed by atoms with E-state index in [1.54, 1.807) is 18.1 Å². The minimum atomic E-state index is 0.650. The molecule has 0 spiro atoms. The molecule has 0 saturated heterocycles. The van der Waals surface area contributed by atoms with E-state index in [0.717, 1.165) is 40.6 Å². The lowest BCUT2D eigenvalue weighted by Gasteiger charge is -2.13. The lowest BCUT2D eigenvalue weighted by atomic mass is 9.97. The second kappa shape index (κ2) is 6.63. The number of aromatic nitrogens is 4. The number of anilines is 1. The van der Waals surface area contributed by atoms with E-state index in [0.29, 0.717) is 6.54 Å². The molecule has 132 valence electrons. The maximum atomic E-state index is 5.54. The van der Waals surface area contributed by atoms with Gasteiger partial charge in [-0.05, 0) is 37.7 Å². The highest BCUT2D eigenvalue weighted by Gasteiger charge is 2.21. The second-order valence-corrected chi connectivity index (χ2v) is 7.46. The summed E-state index contributed by atoms with van der Waals surface area (Å²) in [6.07, 6.45) is 7.38. The van der Waals surface area contributed by atoms with Crippen molar-refractivity contribution in [3.05, 3.63) is 28.0 Å². The van der Waals surface area contributed by atoms with E-state index in [9.17, 15) is 0 Å². The van der Waals surface area contributed by atoms with Gasteiger partial charge in [-0.25, -0.2) is 14.6 Å². The molecule has 1 aliphatic carbocycles. The van der Waals surface area contributed by atoms with Crippen molar-refractivity contribution in [1.82, 2.24) is 19.7 Å². The SMILES string of the molecule is CCc1nn(C)c(OC)c1CNc1ncnc2sc3c(c12)CCCC3. The Balaban J connectivity index is 1.69. The van der Waals surface area contributed by atoms with Crippen LogP contribution < -0.4 is 10.1 Å². The lowest BCUT2D eigenvalue weighted by molar-refractivity contribution is 0.369. The predicted octanol–water partition coefficient (Wildman–Crippen LogP) is 3.49. The Kier molecular flexibility index (Phi) is 4.33. The van der Waals surface area contributed by atoms with Crippen LogP contribution in [0, 0.1) is 0 Å². The van der Waals surface area contributed by atoms with Gasteiger partial charge in [-0.1, -0.05) is 6.92 Å². The molecule has 0 bridgehead atoms. The van der Waals surface area contributed by atoms with Gasteiger partial charge in [-0.15, -0.1) is 11.3 Å². The monoisotopic (exact) mass is 357 g/mol. The fraction of sp³-hybridized carbons (Fsp3) is 0.500. The van der Waals surface area contributed by atoms with Crippen LogP contribution in [-0.2, 0) is 32.9 Å². The zero-order valence-corrected chi connectivity index (χ0v) is 15.7. The van der Waals surface area contributed by atoms with Crippen LogP contribution in [0.1, 0.15) is 41.5 Å². The van der Waals surface area contributed by atoms with Crippen molar-refractivity contribution in [1.29, 1.82) is 0 Å². The van der Waals surface area contributed by atoms with Crippen LogP contribution >= 0.6 is 11.3 Å². The van der Waals surface area contributed by atoms with Crippen LogP contribution in [0.5, 0.6) is 5.88 Å². The van der Waals surface area contributed by atoms with Gasteiger partial charge in [0, 0.05) is 18.5 Å². The topological polar surface area (TPSA) is 64.9 Å². The van der Waals surface area contributed by atoms with Crippen molar-refractivity contribution < 1.29 is 4.74 Å². The van der Waals surface area contributed by atoms with Crippen LogP contribution in [-0.4, -0.2) is 26.9 Å². The van der Waals surface area contributed by atoms with Crippen LogP contribution in [0.3, 0.4) is 0 Å². The first-order valence-corrected chi connectivity index (χ1v) is 9.62. The van der Waals surface area contributed by atoms with Crippen molar-refractivity contribution >= 4 is 27.4 Å². The molecular weight excluding hydrogens is 334 g/mol. The summed E-state index contributed by atoms with van der Waals surface area (Å²) in [6.45, 7) is 2.76. The minimum Gasteiger partial charge on any atom is -0.481 e. The maximum absolute atomic E-state index is 5.54. The summed E-state index contributed by atoms with van der Waals surface area (Å²) in [5.41, 5.74) is 3.61. The molecule has 0 amide bonds. The first kappa shape index (κ1) is 16.3. The number of fused-ring (bicyclic) bond motifs is 3. The van der Waals surface area contributed by atoms with Gasteiger partial charge in [0.1, 0.15) is 17.0 Å². The summed E-state index contributed by atoms with van der Waals surface area (Å²) >= 11 is 1.82. The molecule has 0 aliphatic heterocycles. The number of rotatable bonds is 5.